The minimum atomic E-state index is -0.895. The van der Waals surface area contributed by atoms with Crippen molar-refractivity contribution >= 4 is 6.09 Å². The lowest BCUT2D eigenvalue weighted by Gasteiger charge is -2.15. The molecule has 2 N–H and O–H groups in total. The van der Waals surface area contributed by atoms with Crippen LogP contribution in [-0.2, 0) is 14.2 Å². The quantitative estimate of drug-likeness (QED) is 0.465. The molecule has 0 atom stereocenters. The van der Waals surface area contributed by atoms with Crippen LogP contribution in [0, 0.1) is 24.7 Å². The predicted octanol–water partition coefficient (Wildman–Crippen LogP) is -0.250. The summed E-state index contributed by atoms with van der Waals surface area (Å²) in [6.07, 6.45) is 8.46. The third-order valence-electron chi connectivity index (χ3n) is 1.26. The molecule has 82 valence electrons. The lowest BCUT2D eigenvalue weighted by Crippen LogP contribution is -2.31. The van der Waals surface area contributed by atoms with E-state index < -0.39 is 12.2 Å². The minimum absolute atomic E-state index is 0.123. The normalized spacial score (nSPS) is 9.27. The fourth-order valence-electron chi connectivity index (χ4n) is 0.779. The van der Waals surface area contributed by atoms with Gasteiger partial charge in [-0.25, -0.2) is 4.79 Å². The number of amides is 1. The highest BCUT2D eigenvalue weighted by molar-refractivity contribution is 5.64. The van der Waals surface area contributed by atoms with Crippen molar-refractivity contribution in [2.75, 3.05) is 26.4 Å². The van der Waals surface area contributed by atoms with Gasteiger partial charge in [-0.1, -0.05) is 11.8 Å². The predicted molar refractivity (Wildman–Crippen MR) is 53.8 cm³/mol. The summed E-state index contributed by atoms with van der Waals surface area (Å²) < 4.78 is 14.6. The minimum Gasteiger partial charge on any atom is -0.441 e. The van der Waals surface area contributed by atoms with Crippen molar-refractivity contribution in [3.63, 3.8) is 0 Å². The van der Waals surface area contributed by atoms with E-state index in [1.165, 1.54) is 0 Å². The summed E-state index contributed by atoms with van der Waals surface area (Å²) >= 11 is 0. The third kappa shape index (κ3) is 8.63. The number of rotatable bonds is 7. The van der Waals surface area contributed by atoms with Gasteiger partial charge in [-0.2, -0.15) is 0 Å². The maximum absolute atomic E-state index is 10.5. The molecule has 0 aliphatic rings. The molecule has 0 bridgehead atoms. The van der Waals surface area contributed by atoms with Crippen LogP contribution in [0.15, 0.2) is 0 Å². The van der Waals surface area contributed by atoms with Crippen LogP contribution in [0.25, 0.3) is 0 Å². The molecule has 1 amide bonds. The molecule has 0 aliphatic heterocycles. The molecule has 0 saturated heterocycles. The molecule has 0 aromatic rings. The van der Waals surface area contributed by atoms with Crippen molar-refractivity contribution in [2.45, 2.75) is 6.10 Å². The number of hydrogen-bond donors (Lipinski definition) is 1. The highest BCUT2D eigenvalue weighted by Crippen LogP contribution is 1.95. The molecule has 0 heterocycles. The molecule has 0 fully saturated rings. The largest absolute Gasteiger partial charge is 0.441 e. The SMILES string of the molecule is C#CCOCC(COCC#C)OC(N)=O. The number of carbonyl (C=O) groups excluding carboxylic acids is 1. The molecule has 0 saturated carbocycles. The van der Waals surface area contributed by atoms with Crippen molar-refractivity contribution < 1.29 is 19.0 Å². The Kier molecular flexibility index (Phi) is 7.89. The average molecular weight is 211 g/mol. The Hall–Kier alpha value is -1.69. The van der Waals surface area contributed by atoms with Crippen LogP contribution < -0.4 is 5.73 Å². The summed E-state index contributed by atoms with van der Waals surface area (Å²) in [5.41, 5.74) is 4.85. The molecule has 0 radical (unpaired) electrons. The maximum Gasteiger partial charge on any atom is 0.404 e. The Labute approximate surface area is 88.9 Å². The van der Waals surface area contributed by atoms with Crippen LogP contribution in [0.1, 0.15) is 0 Å². The van der Waals surface area contributed by atoms with E-state index in [2.05, 4.69) is 11.8 Å². The van der Waals surface area contributed by atoms with E-state index in [-0.39, 0.29) is 26.4 Å². The summed E-state index contributed by atoms with van der Waals surface area (Å²) in [5.74, 6) is 4.55. The molecule has 0 aliphatic carbocycles. The van der Waals surface area contributed by atoms with E-state index in [0.29, 0.717) is 0 Å². The molecule has 15 heavy (non-hydrogen) atoms. The van der Waals surface area contributed by atoms with Gasteiger partial charge < -0.3 is 19.9 Å². The van der Waals surface area contributed by atoms with Crippen LogP contribution >= 0.6 is 0 Å². The maximum atomic E-state index is 10.5. The molecule has 0 spiro atoms. The van der Waals surface area contributed by atoms with Crippen molar-refractivity contribution in [3.05, 3.63) is 0 Å². The highest BCUT2D eigenvalue weighted by Gasteiger charge is 2.12. The second kappa shape index (κ2) is 8.89. The number of carbonyl (C=O) groups is 1. The van der Waals surface area contributed by atoms with Crippen LogP contribution in [0.5, 0.6) is 0 Å². The van der Waals surface area contributed by atoms with E-state index in [4.69, 9.17) is 32.8 Å². The Morgan fingerprint density at radius 1 is 1.20 bits per heavy atom. The van der Waals surface area contributed by atoms with Gasteiger partial charge in [0.1, 0.15) is 13.2 Å². The monoisotopic (exact) mass is 211 g/mol. The number of primary amides is 1. The first-order valence-corrected chi connectivity index (χ1v) is 4.19. The molecule has 0 rings (SSSR count). The summed E-state index contributed by atoms with van der Waals surface area (Å²) in [6, 6.07) is 0. The zero-order valence-electron chi connectivity index (χ0n) is 8.27. The van der Waals surface area contributed by atoms with Crippen LogP contribution in [-0.4, -0.2) is 38.6 Å². The molecule has 5 heteroatoms. The Bertz CT molecular complexity index is 244. The summed E-state index contributed by atoms with van der Waals surface area (Å²) in [4.78, 5) is 10.5. The number of terminal acetylenes is 2. The molecular formula is C10H13NO4. The van der Waals surface area contributed by atoms with Gasteiger partial charge in [-0.3, -0.25) is 0 Å². The van der Waals surface area contributed by atoms with Crippen molar-refractivity contribution in [2.24, 2.45) is 5.73 Å². The Balaban J connectivity index is 3.80. The van der Waals surface area contributed by atoms with Gasteiger partial charge in [0.05, 0.1) is 13.2 Å². The zero-order valence-corrected chi connectivity index (χ0v) is 8.27. The molecule has 0 aromatic heterocycles. The van der Waals surface area contributed by atoms with Gasteiger partial charge in [-0.15, -0.1) is 12.8 Å². The van der Waals surface area contributed by atoms with Crippen LogP contribution in [0.2, 0.25) is 0 Å². The summed E-state index contributed by atoms with van der Waals surface area (Å²) in [5, 5.41) is 0. The molecule has 5 nitrogen and oxygen atoms in total. The van der Waals surface area contributed by atoms with Gasteiger partial charge in [0.15, 0.2) is 6.10 Å². The zero-order chi connectivity index (χ0) is 11.5. The van der Waals surface area contributed by atoms with Gasteiger partial charge in [-0.05, 0) is 0 Å². The number of ether oxygens (including phenoxy) is 3. The number of nitrogens with two attached hydrogens (primary N) is 1. The van der Waals surface area contributed by atoms with Crippen LogP contribution in [0.4, 0.5) is 4.79 Å². The highest BCUT2D eigenvalue weighted by atomic mass is 16.6. The average Bonchev–Trinajstić information content (AvgIpc) is 2.17. The first kappa shape index (κ1) is 13.3. The first-order valence-electron chi connectivity index (χ1n) is 4.19. The standard InChI is InChI=1S/C10H13NO4/c1-3-5-13-7-9(15-10(11)12)8-14-6-4-2/h1-2,9H,5-8H2,(H2,11,12). The van der Waals surface area contributed by atoms with E-state index in [1.54, 1.807) is 0 Å². The van der Waals surface area contributed by atoms with E-state index in [1.807, 2.05) is 0 Å². The van der Waals surface area contributed by atoms with Gasteiger partial charge in [0.2, 0.25) is 0 Å². The summed E-state index contributed by atoms with van der Waals surface area (Å²) in [6.45, 7) is 0.511. The smallest absolute Gasteiger partial charge is 0.404 e. The Morgan fingerprint density at radius 2 is 1.67 bits per heavy atom. The second-order valence-electron chi connectivity index (χ2n) is 2.50. The topological polar surface area (TPSA) is 70.8 Å². The van der Waals surface area contributed by atoms with Crippen LogP contribution in [0.3, 0.4) is 0 Å². The van der Waals surface area contributed by atoms with E-state index in [9.17, 15) is 4.79 Å². The van der Waals surface area contributed by atoms with Gasteiger partial charge >= 0.3 is 6.09 Å². The lowest BCUT2D eigenvalue weighted by atomic mass is 10.4. The molecule has 0 aromatic carbocycles. The molecular weight excluding hydrogens is 198 g/mol. The Morgan fingerprint density at radius 3 is 2.00 bits per heavy atom. The van der Waals surface area contributed by atoms with E-state index >= 15 is 0 Å². The van der Waals surface area contributed by atoms with E-state index in [0.717, 1.165) is 0 Å². The van der Waals surface area contributed by atoms with Crippen molar-refractivity contribution in [3.8, 4) is 24.7 Å². The first-order chi connectivity index (χ1) is 7.20. The van der Waals surface area contributed by atoms with Gasteiger partial charge in [0.25, 0.3) is 0 Å². The summed E-state index contributed by atoms with van der Waals surface area (Å²) in [7, 11) is 0. The van der Waals surface area contributed by atoms with Crippen molar-refractivity contribution in [1.82, 2.24) is 0 Å². The fourth-order valence-corrected chi connectivity index (χ4v) is 0.779. The second-order valence-corrected chi connectivity index (χ2v) is 2.50. The van der Waals surface area contributed by atoms with Crippen molar-refractivity contribution in [1.29, 1.82) is 0 Å². The van der Waals surface area contributed by atoms with Gasteiger partial charge in [0, 0.05) is 0 Å². The third-order valence-corrected chi connectivity index (χ3v) is 1.26. The molecule has 0 unspecified atom stereocenters. The number of hydrogen-bond acceptors (Lipinski definition) is 4. The lowest BCUT2D eigenvalue weighted by molar-refractivity contribution is -0.0132. The fraction of sp³-hybridized carbons (Fsp3) is 0.500.